The van der Waals surface area contributed by atoms with Crippen molar-refractivity contribution in [1.29, 1.82) is 0 Å². The summed E-state index contributed by atoms with van der Waals surface area (Å²) in [6, 6.07) is 0. The van der Waals surface area contributed by atoms with Gasteiger partial charge in [-0.25, -0.2) is 9.36 Å². The van der Waals surface area contributed by atoms with Crippen LogP contribution in [0.1, 0.15) is 12.8 Å². The molecule has 0 unspecified atom stereocenters. The summed E-state index contributed by atoms with van der Waals surface area (Å²) in [5.74, 6) is 0. The smallest absolute Gasteiger partial charge is 0.179 e. The maximum atomic E-state index is 4.10. The minimum Gasteiger partial charge on any atom is -0.221 e. The van der Waals surface area contributed by atoms with Crippen molar-refractivity contribution in [2.45, 2.75) is 18.5 Å². The summed E-state index contributed by atoms with van der Waals surface area (Å²) in [6.45, 7) is 3.89. The minimum absolute atomic E-state index is 0.494. The normalized spacial score (nSPS) is 17.7. The fraction of sp³-hybridized carbons (Fsp3) is 0.250. The average Bonchev–Trinajstić information content (AvgIpc) is 3.12. The van der Waals surface area contributed by atoms with Crippen LogP contribution in [0.15, 0.2) is 48.6 Å². The van der Waals surface area contributed by atoms with Crippen LogP contribution in [0.4, 0.5) is 0 Å². The molecule has 1 radical (unpaired) electrons. The lowest BCUT2D eigenvalue weighted by atomic mass is 9.95. The topological polar surface area (TPSA) is 61.4 Å². The summed E-state index contributed by atoms with van der Waals surface area (Å²) in [5, 5.41) is 16.0. The SMILES string of the molecule is [CH2]CC1=CCC(n2ccnn2)(n2ccnn2)C=C1. The van der Waals surface area contributed by atoms with Gasteiger partial charge in [0.2, 0.25) is 0 Å². The lowest BCUT2D eigenvalue weighted by Gasteiger charge is -2.31. The molecule has 0 saturated carbocycles. The van der Waals surface area contributed by atoms with Gasteiger partial charge >= 0.3 is 0 Å². The average molecular weight is 241 g/mol. The van der Waals surface area contributed by atoms with E-state index >= 15 is 0 Å². The van der Waals surface area contributed by atoms with Gasteiger partial charge in [-0.15, -0.1) is 10.2 Å². The van der Waals surface area contributed by atoms with Crippen LogP contribution in [0, 0.1) is 6.92 Å². The van der Waals surface area contributed by atoms with Crippen LogP contribution in [0.5, 0.6) is 0 Å². The van der Waals surface area contributed by atoms with Gasteiger partial charge in [0.15, 0.2) is 5.66 Å². The van der Waals surface area contributed by atoms with Crippen molar-refractivity contribution in [2.75, 3.05) is 0 Å². The molecule has 0 N–H and O–H groups in total. The quantitative estimate of drug-likeness (QED) is 0.809. The number of hydrogen-bond donors (Lipinski definition) is 0. The van der Waals surface area contributed by atoms with Gasteiger partial charge < -0.3 is 0 Å². The lowest BCUT2D eigenvalue weighted by Crippen LogP contribution is -2.41. The van der Waals surface area contributed by atoms with Gasteiger partial charge in [-0.3, -0.25) is 0 Å². The third kappa shape index (κ3) is 1.57. The first kappa shape index (κ1) is 10.9. The third-order valence-corrected chi connectivity index (χ3v) is 3.16. The molecule has 2 aromatic rings. The zero-order chi connectivity index (χ0) is 12.4. The molecule has 0 aromatic carbocycles. The molecular weight excluding hydrogens is 228 g/mol. The molecule has 0 aliphatic heterocycles. The molecule has 2 heterocycles. The summed E-state index contributed by atoms with van der Waals surface area (Å²) >= 11 is 0. The molecule has 0 saturated heterocycles. The number of allylic oxidation sites excluding steroid dienone is 4. The molecule has 1 aliphatic carbocycles. The Kier molecular flexibility index (Phi) is 2.55. The van der Waals surface area contributed by atoms with Gasteiger partial charge in [0.1, 0.15) is 0 Å². The van der Waals surface area contributed by atoms with Gasteiger partial charge in [-0.05, 0) is 19.4 Å². The predicted octanol–water partition coefficient (Wildman–Crippen LogP) is 1.18. The minimum atomic E-state index is -0.494. The number of hydrogen-bond acceptors (Lipinski definition) is 4. The maximum Gasteiger partial charge on any atom is 0.179 e. The number of nitrogens with zero attached hydrogens (tertiary/aromatic N) is 6. The maximum absolute atomic E-state index is 4.10. The highest BCUT2D eigenvalue weighted by molar-refractivity contribution is 5.28. The Hall–Kier alpha value is -2.24. The van der Waals surface area contributed by atoms with Crippen LogP contribution < -0.4 is 0 Å². The van der Waals surface area contributed by atoms with Crippen molar-refractivity contribution in [3.05, 3.63) is 55.5 Å². The first-order chi connectivity index (χ1) is 8.85. The predicted molar refractivity (Wildman–Crippen MR) is 65.2 cm³/mol. The third-order valence-electron chi connectivity index (χ3n) is 3.16. The van der Waals surface area contributed by atoms with Crippen LogP contribution in [0.2, 0.25) is 0 Å². The molecule has 6 nitrogen and oxygen atoms in total. The van der Waals surface area contributed by atoms with Crippen molar-refractivity contribution < 1.29 is 0 Å². The van der Waals surface area contributed by atoms with Gasteiger partial charge in [-0.2, -0.15) is 0 Å². The summed E-state index contributed by atoms with van der Waals surface area (Å²) in [6.07, 6.45) is 14.8. The van der Waals surface area contributed by atoms with Crippen LogP contribution in [0.3, 0.4) is 0 Å². The van der Waals surface area contributed by atoms with Crippen LogP contribution in [0.25, 0.3) is 0 Å². The Morgan fingerprint density at radius 1 is 1.17 bits per heavy atom. The van der Waals surface area contributed by atoms with Crippen molar-refractivity contribution in [2.24, 2.45) is 0 Å². The van der Waals surface area contributed by atoms with Gasteiger partial charge in [0, 0.05) is 18.8 Å². The van der Waals surface area contributed by atoms with Gasteiger partial charge in [-0.1, -0.05) is 28.2 Å². The summed E-state index contributed by atoms with van der Waals surface area (Å²) in [5.41, 5.74) is 0.719. The Morgan fingerprint density at radius 2 is 1.83 bits per heavy atom. The largest absolute Gasteiger partial charge is 0.221 e. The molecule has 1 aliphatic rings. The van der Waals surface area contributed by atoms with E-state index in [1.807, 2.05) is 12.4 Å². The first-order valence-electron chi connectivity index (χ1n) is 5.76. The van der Waals surface area contributed by atoms with E-state index in [1.165, 1.54) is 5.57 Å². The molecule has 0 fully saturated rings. The molecule has 6 heteroatoms. The van der Waals surface area contributed by atoms with Crippen LogP contribution >= 0.6 is 0 Å². The van der Waals surface area contributed by atoms with E-state index < -0.39 is 5.66 Å². The second-order valence-electron chi connectivity index (χ2n) is 4.14. The van der Waals surface area contributed by atoms with Crippen molar-refractivity contribution >= 4 is 0 Å². The summed E-state index contributed by atoms with van der Waals surface area (Å²) < 4.78 is 3.57. The molecule has 0 atom stereocenters. The monoisotopic (exact) mass is 241 g/mol. The molecule has 91 valence electrons. The van der Waals surface area contributed by atoms with Gasteiger partial charge in [0.05, 0.1) is 12.4 Å². The molecule has 0 spiro atoms. The van der Waals surface area contributed by atoms with E-state index in [1.54, 1.807) is 21.8 Å². The van der Waals surface area contributed by atoms with Gasteiger partial charge in [0.25, 0.3) is 0 Å². The van der Waals surface area contributed by atoms with Crippen LogP contribution in [-0.2, 0) is 5.66 Å². The fourth-order valence-corrected chi connectivity index (χ4v) is 2.12. The van der Waals surface area contributed by atoms with E-state index in [0.717, 1.165) is 12.8 Å². The Balaban J connectivity index is 2.08. The molecule has 3 rings (SSSR count). The van der Waals surface area contributed by atoms with Crippen molar-refractivity contribution in [3.8, 4) is 0 Å². The molecule has 18 heavy (non-hydrogen) atoms. The van der Waals surface area contributed by atoms with Crippen molar-refractivity contribution in [3.63, 3.8) is 0 Å². The summed E-state index contributed by atoms with van der Waals surface area (Å²) in [7, 11) is 0. The summed E-state index contributed by atoms with van der Waals surface area (Å²) in [4.78, 5) is 0. The van der Waals surface area contributed by atoms with E-state index in [2.05, 4.69) is 45.8 Å². The van der Waals surface area contributed by atoms with E-state index in [0.29, 0.717) is 0 Å². The second kappa shape index (κ2) is 4.21. The molecular formula is C12H13N6. The highest BCUT2D eigenvalue weighted by atomic mass is 15.6. The highest BCUT2D eigenvalue weighted by Crippen LogP contribution is 2.29. The fourth-order valence-electron chi connectivity index (χ4n) is 2.12. The number of rotatable bonds is 3. The molecule has 0 amide bonds. The van der Waals surface area contributed by atoms with E-state index in [4.69, 9.17) is 0 Å². The molecule has 2 aromatic heterocycles. The molecule has 0 bridgehead atoms. The lowest BCUT2D eigenvalue weighted by molar-refractivity contribution is 0.239. The zero-order valence-electron chi connectivity index (χ0n) is 9.85. The Labute approximate surface area is 105 Å². The first-order valence-corrected chi connectivity index (χ1v) is 5.76. The Morgan fingerprint density at radius 3 is 2.22 bits per heavy atom. The zero-order valence-corrected chi connectivity index (χ0v) is 9.85. The van der Waals surface area contributed by atoms with Crippen LogP contribution in [-0.4, -0.2) is 30.0 Å². The number of aromatic nitrogens is 6. The standard InChI is InChI=1S/C12H13N6/c1-2-11-3-5-12(6-4-11,17-9-7-13-15-17)18-10-8-14-16-18/h3-5,7-10H,1-2,6H2. The van der Waals surface area contributed by atoms with Crippen molar-refractivity contribution in [1.82, 2.24) is 30.0 Å². The Bertz CT molecular complexity index is 529. The van der Waals surface area contributed by atoms with E-state index in [9.17, 15) is 0 Å². The van der Waals surface area contributed by atoms with E-state index in [-0.39, 0.29) is 0 Å². The second-order valence-corrected chi connectivity index (χ2v) is 4.14. The highest BCUT2D eigenvalue weighted by Gasteiger charge is 2.34.